The van der Waals surface area contributed by atoms with E-state index < -0.39 is 0 Å². The minimum atomic E-state index is 1.04. The van der Waals surface area contributed by atoms with Crippen LogP contribution in [0.3, 0.4) is 0 Å². The standard InChI is InChI=1S/C17H15N/c1-12-3-6-14(7-4-12)16-10-9-15-8-5-13(2)11-17(15)18-16/h3-11H,1-2H3. The van der Waals surface area contributed by atoms with Gasteiger partial charge in [-0.2, -0.15) is 0 Å². The maximum Gasteiger partial charge on any atom is 0.0712 e. The Kier molecular flexibility index (Phi) is 2.60. The zero-order chi connectivity index (χ0) is 12.5. The highest BCUT2D eigenvalue weighted by molar-refractivity contribution is 5.82. The van der Waals surface area contributed by atoms with E-state index in [2.05, 4.69) is 68.4 Å². The van der Waals surface area contributed by atoms with E-state index in [9.17, 15) is 0 Å². The molecular weight excluding hydrogens is 218 g/mol. The van der Waals surface area contributed by atoms with Crippen molar-refractivity contribution in [1.29, 1.82) is 0 Å². The quantitative estimate of drug-likeness (QED) is 0.602. The maximum atomic E-state index is 4.74. The minimum absolute atomic E-state index is 1.04. The number of rotatable bonds is 1. The lowest BCUT2D eigenvalue weighted by Gasteiger charge is -2.04. The van der Waals surface area contributed by atoms with Gasteiger partial charge in [0, 0.05) is 10.9 Å². The number of fused-ring (bicyclic) bond motifs is 1. The van der Waals surface area contributed by atoms with Gasteiger partial charge < -0.3 is 0 Å². The summed E-state index contributed by atoms with van der Waals surface area (Å²) in [6.07, 6.45) is 0. The summed E-state index contributed by atoms with van der Waals surface area (Å²) in [7, 11) is 0. The second-order valence-electron chi connectivity index (χ2n) is 4.76. The average molecular weight is 233 g/mol. The van der Waals surface area contributed by atoms with Gasteiger partial charge in [0.25, 0.3) is 0 Å². The van der Waals surface area contributed by atoms with Crippen LogP contribution in [0.1, 0.15) is 11.1 Å². The fourth-order valence-corrected chi connectivity index (χ4v) is 2.11. The summed E-state index contributed by atoms with van der Waals surface area (Å²) < 4.78 is 0. The predicted molar refractivity (Wildman–Crippen MR) is 76.7 cm³/mol. The van der Waals surface area contributed by atoms with Crippen molar-refractivity contribution < 1.29 is 0 Å². The van der Waals surface area contributed by atoms with Gasteiger partial charge in [0.15, 0.2) is 0 Å². The lowest BCUT2D eigenvalue weighted by Crippen LogP contribution is -1.86. The molecule has 0 spiro atoms. The molecule has 0 saturated carbocycles. The van der Waals surface area contributed by atoms with Gasteiger partial charge in [0.2, 0.25) is 0 Å². The number of hydrogen-bond acceptors (Lipinski definition) is 1. The Hall–Kier alpha value is -2.15. The largest absolute Gasteiger partial charge is 0.248 e. The number of pyridine rings is 1. The van der Waals surface area contributed by atoms with E-state index >= 15 is 0 Å². The summed E-state index contributed by atoms with van der Waals surface area (Å²) in [6, 6.07) is 19.1. The predicted octanol–water partition coefficient (Wildman–Crippen LogP) is 4.52. The molecule has 0 atom stereocenters. The van der Waals surface area contributed by atoms with Crippen LogP contribution in [0.15, 0.2) is 54.6 Å². The summed E-state index contributed by atoms with van der Waals surface area (Å²) >= 11 is 0. The van der Waals surface area contributed by atoms with Crippen molar-refractivity contribution in [3.05, 3.63) is 65.7 Å². The van der Waals surface area contributed by atoms with Gasteiger partial charge in [-0.3, -0.25) is 0 Å². The number of aryl methyl sites for hydroxylation is 2. The Morgan fingerprint density at radius 1 is 0.722 bits per heavy atom. The van der Waals surface area contributed by atoms with Crippen LogP contribution in [0, 0.1) is 13.8 Å². The van der Waals surface area contributed by atoms with Gasteiger partial charge >= 0.3 is 0 Å². The Morgan fingerprint density at radius 2 is 1.39 bits per heavy atom. The van der Waals surface area contributed by atoms with Crippen molar-refractivity contribution in [3.8, 4) is 11.3 Å². The Labute approximate surface area is 107 Å². The molecule has 1 heteroatoms. The molecule has 88 valence electrons. The molecular formula is C17H15N. The molecule has 0 unspecified atom stereocenters. The third kappa shape index (κ3) is 2.00. The topological polar surface area (TPSA) is 12.9 Å². The number of hydrogen-bond donors (Lipinski definition) is 0. The molecule has 1 aromatic heterocycles. The summed E-state index contributed by atoms with van der Waals surface area (Å²) in [5.41, 5.74) is 5.79. The van der Waals surface area contributed by atoms with Crippen LogP contribution in [0.5, 0.6) is 0 Å². The van der Waals surface area contributed by atoms with E-state index in [4.69, 9.17) is 4.98 Å². The summed E-state index contributed by atoms with van der Waals surface area (Å²) in [5.74, 6) is 0. The average Bonchev–Trinajstić information content (AvgIpc) is 2.38. The van der Waals surface area contributed by atoms with Gasteiger partial charge in [-0.15, -0.1) is 0 Å². The van der Waals surface area contributed by atoms with Crippen LogP contribution in [0.4, 0.5) is 0 Å². The van der Waals surface area contributed by atoms with E-state index in [1.165, 1.54) is 22.1 Å². The highest BCUT2D eigenvalue weighted by Gasteiger charge is 2.01. The van der Waals surface area contributed by atoms with E-state index in [1.807, 2.05) is 0 Å². The van der Waals surface area contributed by atoms with Crippen molar-refractivity contribution in [1.82, 2.24) is 4.98 Å². The van der Waals surface area contributed by atoms with Crippen molar-refractivity contribution >= 4 is 10.9 Å². The van der Waals surface area contributed by atoms with Crippen molar-refractivity contribution in [2.24, 2.45) is 0 Å². The summed E-state index contributed by atoms with van der Waals surface area (Å²) in [6.45, 7) is 4.20. The lowest BCUT2D eigenvalue weighted by molar-refractivity contribution is 1.37. The minimum Gasteiger partial charge on any atom is -0.248 e. The lowest BCUT2D eigenvalue weighted by atomic mass is 10.1. The molecule has 0 saturated heterocycles. The highest BCUT2D eigenvalue weighted by atomic mass is 14.7. The van der Waals surface area contributed by atoms with Crippen molar-refractivity contribution in [2.45, 2.75) is 13.8 Å². The van der Waals surface area contributed by atoms with Crippen LogP contribution >= 0.6 is 0 Å². The van der Waals surface area contributed by atoms with Gasteiger partial charge in [-0.25, -0.2) is 4.98 Å². The van der Waals surface area contributed by atoms with Crippen LogP contribution in [-0.4, -0.2) is 4.98 Å². The molecule has 0 bridgehead atoms. The first-order chi connectivity index (χ1) is 8.72. The molecule has 1 nitrogen and oxygen atoms in total. The van der Waals surface area contributed by atoms with E-state index in [0.717, 1.165) is 11.2 Å². The maximum absolute atomic E-state index is 4.74. The molecule has 0 amide bonds. The second kappa shape index (κ2) is 4.26. The third-order valence-electron chi connectivity index (χ3n) is 3.19. The monoisotopic (exact) mass is 233 g/mol. The Morgan fingerprint density at radius 3 is 2.17 bits per heavy atom. The Bertz CT molecular complexity index is 696. The molecule has 0 aliphatic rings. The van der Waals surface area contributed by atoms with Crippen LogP contribution in [0.2, 0.25) is 0 Å². The molecule has 18 heavy (non-hydrogen) atoms. The zero-order valence-electron chi connectivity index (χ0n) is 10.6. The molecule has 2 aromatic carbocycles. The van der Waals surface area contributed by atoms with E-state index in [-0.39, 0.29) is 0 Å². The second-order valence-corrected chi connectivity index (χ2v) is 4.76. The fourth-order valence-electron chi connectivity index (χ4n) is 2.11. The number of nitrogens with zero attached hydrogens (tertiary/aromatic N) is 1. The van der Waals surface area contributed by atoms with Crippen LogP contribution < -0.4 is 0 Å². The Balaban J connectivity index is 2.15. The normalized spacial score (nSPS) is 10.8. The molecule has 0 aliphatic carbocycles. The van der Waals surface area contributed by atoms with E-state index in [0.29, 0.717) is 0 Å². The molecule has 0 radical (unpaired) electrons. The van der Waals surface area contributed by atoms with Crippen molar-refractivity contribution in [3.63, 3.8) is 0 Å². The summed E-state index contributed by atoms with van der Waals surface area (Å²) in [5, 5.41) is 1.19. The molecule has 1 heterocycles. The van der Waals surface area contributed by atoms with E-state index in [1.54, 1.807) is 0 Å². The molecule has 0 fully saturated rings. The molecule has 3 rings (SSSR count). The fraction of sp³-hybridized carbons (Fsp3) is 0.118. The first-order valence-electron chi connectivity index (χ1n) is 6.17. The first kappa shape index (κ1) is 11.0. The molecule has 0 N–H and O–H groups in total. The first-order valence-corrected chi connectivity index (χ1v) is 6.17. The van der Waals surface area contributed by atoms with Gasteiger partial charge in [-0.1, -0.05) is 48.0 Å². The van der Waals surface area contributed by atoms with Gasteiger partial charge in [-0.05, 0) is 31.5 Å². The molecule has 0 aliphatic heterocycles. The van der Waals surface area contributed by atoms with Gasteiger partial charge in [0.05, 0.1) is 11.2 Å². The smallest absolute Gasteiger partial charge is 0.0712 e. The highest BCUT2D eigenvalue weighted by Crippen LogP contribution is 2.21. The SMILES string of the molecule is Cc1ccc(-c2ccc3ccc(C)cc3n2)cc1. The number of benzene rings is 2. The number of aromatic nitrogens is 1. The zero-order valence-corrected chi connectivity index (χ0v) is 10.6. The molecule has 3 aromatic rings. The van der Waals surface area contributed by atoms with Gasteiger partial charge in [0.1, 0.15) is 0 Å². The van der Waals surface area contributed by atoms with Crippen molar-refractivity contribution in [2.75, 3.05) is 0 Å². The third-order valence-corrected chi connectivity index (χ3v) is 3.19. The van der Waals surface area contributed by atoms with Crippen LogP contribution in [-0.2, 0) is 0 Å². The van der Waals surface area contributed by atoms with Crippen LogP contribution in [0.25, 0.3) is 22.2 Å². The summed E-state index contributed by atoms with van der Waals surface area (Å²) in [4.78, 5) is 4.74.